The Morgan fingerprint density at radius 2 is 2.15 bits per heavy atom. The topological polar surface area (TPSA) is 78.8 Å². The number of para-hydroxylation sites is 1. The van der Waals surface area contributed by atoms with Crippen LogP contribution in [0.3, 0.4) is 0 Å². The lowest BCUT2D eigenvalue weighted by Gasteiger charge is -2.11. The van der Waals surface area contributed by atoms with Crippen LogP contribution >= 0.6 is 0 Å². The number of aromatic nitrogens is 4. The average molecular weight is 275 g/mol. The minimum Gasteiger partial charge on any atom is -0.494 e. The largest absolute Gasteiger partial charge is 0.494 e. The quantitative estimate of drug-likeness (QED) is 0.819. The van der Waals surface area contributed by atoms with Crippen LogP contribution in [0.15, 0.2) is 18.2 Å². The first kappa shape index (κ1) is 14.3. The van der Waals surface area contributed by atoms with Gasteiger partial charge in [0.25, 0.3) is 0 Å². The molecule has 20 heavy (non-hydrogen) atoms. The number of anilines is 1. The first-order chi connectivity index (χ1) is 9.63. The normalized spacial score (nSPS) is 11.0. The molecule has 0 unspecified atom stereocenters. The zero-order valence-corrected chi connectivity index (χ0v) is 12.2. The van der Waals surface area contributed by atoms with Gasteiger partial charge in [0.1, 0.15) is 0 Å². The van der Waals surface area contributed by atoms with Crippen LogP contribution in [0.25, 0.3) is 11.4 Å². The first-order valence-electron chi connectivity index (χ1n) is 6.82. The molecule has 1 aromatic carbocycles. The second-order valence-corrected chi connectivity index (χ2v) is 5.19. The molecular formula is C14H21N5O. The number of methoxy groups -OCH3 is 1. The molecule has 0 aliphatic heterocycles. The molecule has 1 aromatic heterocycles. The number of rotatable bonds is 6. The van der Waals surface area contributed by atoms with Crippen molar-refractivity contribution >= 4 is 5.69 Å². The van der Waals surface area contributed by atoms with Crippen molar-refractivity contribution in [3.8, 4) is 17.1 Å². The predicted octanol–water partition coefficient (Wildman–Crippen LogP) is 2.37. The molecule has 2 aromatic rings. The highest BCUT2D eigenvalue weighted by Crippen LogP contribution is 2.33. The van der Waals surface area contributed by atoms with Crippen molar-refractivity contribution in [1.29, 1.82) is 0 Å². The Bertz CT molecular complexity index is 564. The van der Waals surface area contributed by atoms with Crippen molar-refractivity contribution in [1.82, 2.24) is 20.2 Å². The molecule has 0 radical (unpaired) electrons. The summed E-state index contributed by atoms with van der Waals surface area (Å²) in [5.41, 5.74) is 7.33. The number of tetrazole rings is 1. The highest BCUT2D eigenvalue weighted by atomic mass is 16.5. The summed E-state index contributed by atoms with van der Waals surface area (Å²) in [5.74, 6) is 1.99. The van der Waals surface area contributed by atoms with Crippen molar-refractivity contribution in [2.75, 3.05) is 12.8 Å². The third-order valence-electron chi connectivity index (χ3n) is 3.17. The molecule has 2 rings (SSSR count). The highest BCUT2D eigenvalue weighted by Gasteiger charge is 2.15. The molecule has 0 bridgehead atoms. The molecule has 108 valence electrons. The molecule has 0 atom stereocenters. The SMILES string of the molecule is COc1c(N)cccc1-c1nnnn1CCCC(C)C. The summed E-state index contributed by atoms with van der Waals surface area (Å²) in [6.45, 7) is 5.21. The Labute approximate surface area is 118 Å². The van der Waals surface area contributed by atoms with Gasteiger partial charge in [-0.1, -0.05) is 19.9 Å². The van der Waals surface area contributed by atoms with Crippen LogP contribution in [0.2, 0.25) is 0 Å². The lowest BCUT2D eigenvalue weighted by Crippen LogP contribution is -2.05. The van der Waals surface area contributed by atoms with E-state index in [4.69, 9.17) is 10.5 Å². The lowest BCUT2D eigenvalue weighted by atomic mass is 10.1. The Kier molecular flexibility index (Phi) is 4.55. The number of hydrogen-bond donors (Lipinski definition) is 1. The van der Waals surface area contributed by atoms with Gasteiger partial charge in [0.15, 0.2) is 11.6 Å². The van der Waals surface area contributed by atoms with Crippen molar-refractivity contribution in [2.24, 2.45) is 5.92 Å². The van der Waals surface area contributed by atoms with E-state index in [-0.39, 0.29) is 0 Å². The van der Waals surface area contributed by atoms with Gasteiger partial charge in [0, 0.05) is 6.54 Å². The fourth-order valence-electron chi connectivity index (χ4n) is 2.16. The van der Waals surface area contributed by atoms with Gasteiger partial charge in [0.05, 0.1) is 18.4 Å². The van der Waals surface area contributed by atoms with Crippen molar-refractivity contribution in [3.05, 3.63) is 18.2 Å². The molecule has 0 spiro atoms. The minimum atomic E-state index is 0.585. The van der Waals surface area contributed by atoms with Crippen molar-refractivity contribution in [3.63, 3.8) is 0 Å². The third-order valence-corrected chi connectivity index (χ3v) is 3.17. The Balaban J connectivity index is 2.26. The molecule has 0 saturated heterocycles. The van der Waals surface area contributed by atoms with Crippen molar-refractivity contribution < 1.29 is 4.74 Å². The zero-order valence-electron chi connectivity index (χ0n) is 12.2. The van der Waals surface area contributed by atoms with Gasteiger partial charge in [-0.3, -0.25) is 0 Å². The molecule has 0 aliphatic carbocycles. The molecule has 6 nitrogen and oxygen atoms in total. The van der Waals surface area contributed by atoms with Gasteiger partial charge < -0.3 is 10.5 Å². The summed E-state index contributed by atoms with van der Waals surface area (Å²) < 4.78 is 7.17. The highest BCUT2D eigenvalue weighted by molar-refractivity contribution is 5.73. The maximum atomic E-state index is 5.93. The molecule has 0 fully saturated rings. The molecular weight excluding hydrogens is 254 g/mol. The number of ether oxygens (including phenoxy) is 1. The summed E-state index contributed by atoms with van der Waals surface area (Å²) in [6.07, 6.45) is 2.19. The van der Waals surface area contributed by atoms with Gasteiger partial charge in [0.2, 0.25) is 0 Å². The van der Waals surface area contributed by atoms with Crippen LogP contribution in [-0.2, 0) is 6.54 Å². The van der Waals surface area contributed by atoms with Crippen molar-refractivity contribution in [2.45, 2.75) is 33.2 Å². The second-order valence-electron chi connectivity index (χ2n) is 5.19. The smallest absolute Gasteiger partial charge is 0.185 e. The molecule has 2 N–H and O–H groups in total. The molecule has 0 aliphatic rings. The Morgan fingerprint density at radius 1 is 1.35 bits per heavy atom. The molecule has 1 heterocycles. The Morgan fingerprint density at radius 3 is 2.85 bits per heavy atom. The predicted molar refractivity (Wildman–Crippen MR) is 78.3 cm³/mol. The summed E-state index contributed by atoms with van der Waals surface area (Å²) >= 11 is 0. The minimum absolute atomic E-state index is 0.585. The first-order valence-corrected chi connectivity index (χ1v) is 6.82. The number of nitrogen functional groups attached to an aromatic ring is 1. The summed E-state index contributed by atoms with van der Waals surface area (Å²) in [5, 5.41) is 11.9. The number of aryl methyl sites for hydroxylation is 1. The molecule has 0 saturated carbocycles. The second kappa shape index (κ2) is 6.36. The van der Waals surface area contributed by atoms with Gasteiger partial charge in [-0.2, -0.15) is 0 Å². The number of benzene rings is 1. The molecule has 6 heteroatoms. The fraction of sp³-hybridized carbons (Fsp3) is 0.500. The number of nitrogens with zero attached hydrogens (tertiary/aromatic N) is 4. The van der Waals surface area contributed by atoms with Crippen LogP contribution in [0, 0.1) is 5.92 Å². The van der Waals surface area contributed by atoms with Crippen LogP contribution < -0.4 is 10.5 Å². The van der Waals surface area contributed by atoms with Crippen LogP contribution in [-0.4, -0.2) is 27.3 Å². The van der Waals surface area contributed by atoms with E-state index in [0.717, 1.165) is 24.9 Å². The fourth-order valence-corrected chi connectivity index (χ4v) is 2.16. The third kappa shape index (κ3) is 3.07. The van der Waals surface area contributed by atoms with E-state index in [9.17, 15) is 0 Å². The van der Waals surface area contributed by atoms with Gasteiger partial charge in [-0.15, -0.1) is 5.10 Å². The van der Waals surface area contributed by atoms with Gasteiger partial charge in [-0.05, 0) is 41.3 Å². The average Bonchev–Trinajstić information content (AvgIpc) is 2.86. The summed E-state index contributed by atoms with van der Waals surface area (Å²) in [4.78, 5) is 0. The van der Waals surface area contributed by atoms with Crippen LogP contribution in [0.4, 0.5) is 5.69 Å². The summed E-state index contributed by atoms with van der Waals surface area (Å²) in [6, 6.07) is 5.59. The Hall–Kier alpha value is -2.11. The van der Waals surface area contributed by atoms with Gasteiger partial charge in [-0.25, -0.2) is 4.68 Å². The zero-order chi connectivity index (χ0) is 14.5. The van der Waals surface area contributed by atoms with E-state index in [0.29, 0.717) is 23.2 Å². The maximum Gasteiger partial charge on any atom is 0.185 e. The van der Waals surface area contributed by atoms with E-state index < -0.39 is 0 Å². The molecule has 0 amide bonds. The summed E-state index contributed by atoms with van der Waals surface area (Å²) in [7, 11) is 1.60. The maximum absolute atomic E-state index is 5.93. The standard InChI is InChI=1S/C14H21N5O/c1-10(2)6-5-9-19-14(16-17-18-19)11-7-4-8-12(15)13(11)20-3/h4,7-8,10H,5-6,9,15H2,1-3H3. The number of nitrogens with two attached hydrogens (primary N) is 1. The van der Waals surface area contributed by atoms with Gasteiger partial charge >= 0.3 is 0 Å². The van der Waals surface area contributed by atoms with E-state index in [1.807, 2.05) is 12.1 Å². The van der Waals surface area contributed by atoms with Crippen LogP contribution in [0.1, 0.15) is 26.7 Å². The number of hydrogen-bond acceptors (Lipinski definition) is 5. The van der Waals surface area contributed by atoms with Crippen LogP contribution in [0.5, 0.6) is 5.75 Å². The van der Waals surface area contributed by atoms with E-state index in [1.54, 1.807) is 17.9 Å². The van der Waals surface area contributed by atoms with E-state index >= 15 is 0 Å². The monoisotopic (exact) mass is 275 g/mol. The lowest BCUT2D eigenvalue weighted by molar-refractivity contribution is 0.417. The van der Waals surface area contributed by atoms with E-state index in [2.05, 4.69) is 29.4 Å². The van der Waals surface area contributed by atoms with E-state index in [1.165, 1.54) is 0 Å².